The number of rotatable bonds is 3. The van der Waals surface area contributed by atoms with Gasteiger partial charge in [-0.25, -0.2) is 0 Å². The van der Waals surface area contributed by atoms with Gasteiger partial charge in [0.25, 0.3) is 0 Å². The maximum atomic E-state index is 11.4. The van der Waals surface area contributed by atoms with Crippen LogP contribution in [0.15, 0.2) is 16.5 Å². The van der Waals surface area contributed by atoms with E-state index in [-0.39, 0.29) is 6.54 Å². The van der Waals surface area contributed by atoms with Gasteiger partial charge in [0.1, 0.15) is 18.1 Å². The third kappa shape index (κ3) is 3.65. The van der Waals surface area contributed by atoms with Crippen molar-refractivity contribution >= 4 is 11.8 Å². The Morgan fingerprint density at radius 3 is 2.71 bits per heavy atom. The molecule has 1 unspecified atom stereocenters. The number of carbonyl (C=O) groups is 2. The highest BCUT2D eigenvalue weighted by molar-refractivity contribution is 6.35. The summed E-state index contributed by atoms with van der Waals surface area (Å²) in [5.41, 5.74) is 0. The van der Waals surface area contributed by atoms with E-state index in [2.05, 4.69) is 10.6 Å². The number of nitrogens with one attached hydrogen (secondary N) is 2. The molecule has 0 saturated heterocycles. The van der Waals surface area contributed by atoms with Crippen molar-refractivity contribution in [3.8, 4) is 6.07 Å². The number of hydrogen-bond donors (Lipinski definition) is 2. The van der Waals surface area contributed by atoms with E-state index >= 15 is 0 Å². The zero-order valence-corrected chi connectivity index (χ0v) is 9.61. The van der Waals surface area contributed by atoms with Crippen LogP contribution >= 0.6 is 0 Å². The second kappa shape index (κ2) is 5.70. The summed E-state index contributed by atoms with van der Waals surface area (Å²) in [6, 6.07) is 4.81. The highest BCUT2D eigenvalue weighted by Crippen LogP contribution is 2.15. The molecular weight excluding hydrogens is 222 g/mol. The Morgan fingerprint density at radius 1 is 1.47 bits per heavy atom. The van der Waals surface area contributed by atoms with E-state index in [0.717, 1.165) is 5.76 Å². The molecule has 0 aromatic carbocycles. The quantitative estimate of drug-likeness (QED) is 0.585. The Bertz CT molecular complexity index is 459. The lowest BCUT2D eigenvalue weighted by atomic mass is 10.2. The molecule has 6 heteroatoms. The Balaban J connectivity index is 2.51. The summed E-state index contributed by atoms with van der Waals surface area (Å²) in [6.45, 7) is 3.30. The molecule has 0 bridgehead atoms. The van der Waals surface area contributed by atoms with Gasteiger partial charge < -0.3 is 15.1 Å². The third-order valence-corrected chi connectivity index (χ3v) is 2.07. The number of hydrogen-bond acceptors (Lipinski definition) is 4. The van der Waals surface area contributed by atoms with Gasteiger partial charge >= 0.3 is 11.8 Å². The van der Waals surface area contributed by atoms with E-state index in [0.29, 0.717) is 5.76 Å². The molecule has 6 nitrogen and oxygen atoms in total. The maximum Gasteiger partial charge on any atom is 0.310 e. The van der Waals surface area contributed by atoms with E-state index in [1.807, 2.05) is 0 Å². The van der Waals surface area contributed by atoms with Crippen molar-refractivity contribution in [3.05, 3.63) is 23.7 Å². The van der Waals surface area contributed by atoms with Crippen molar-refractivity contribution < 1.29 is 14.0 Å². The van der Waals surface area contributed by atoms with Crippen LogP contribution in [0.2, 0.25) is 0 Å². The largest absolute Gasteiger partial charge is 0.464 e. The Hall–Kier alpha value is -2.29. The van der Waals surface area contributed by atoms with Gasteiger partial charge in [-0.3, -0.25) is 9.59 Å². The van der Waals surface area contributed by atoms with Crippen LogP contribution in [0.25, 0.3) is 0 Å². The second-order valence-corrected chi connectivity index (χ2v) is 3.48. The fourth-order valence-corrected chi connectivity index (χ4v) is 1.22. The van der Waals surface area contributed by atoms with Gasteiger partial charge in [0.05, 0.1) is 12.1 Å². The van der Waals surface area contributed by atoms with Crippen molar-refractivity contribution in [3.63, 3.8) is 0 Å². The number of nitriles is 1. The van der Waals surface area contributed by atoms with Crippen molar-refractivity contribution in [2.75, 3.05) is 6.54 Å². The fraction of sp³-hybridized carbons (Fsp3) is 0.364. The van der Waals surface area contributed by atoms with E-state index in [9.17, 15) is 9.59 Å². The molecule has 90 valence electrons. The molecule has 0 saturated carbocycles. The number of aryl methyl sites for hydroxylation is 1. The van der Waals surface area contributed by atoms with Gasteiger partial charge in [-0.1, -0.05) is 0 Å². The zero-order chi connectivity index (χ0) is 12.8. The summed E-state index contributed by atoms with van der Waals surface area (Å²) < 4.78 is 5.31. The molecule has 17 heavy (non-hydrogen) atoms. The normalized spacial score (nSPS) is 11.4. The molecule has 1 atom stereocenters. The number of carbonyl (C=O) groups excluding carboxylic acids is 2. The molecule has 0 spiro atoms. The van der Waals surface area contributed by atoms with Crippen LogP contribution in [0.1, 0.15) is 24.5 Å². The molecule has 0 fully saturated rings. The summed E-state index contributed by atoms with van der Waals surface area (Å²) in [7, 11) is 0. The van der Waals surface area contributed by atoms with Crippen LogP contribution in [-0.4, -0.2) is 18.4 Å². The monoisotopic (exact) mass is 235 g/mol. The first-order chi connectivity index (χ1) is 8.04. The average molecular weight is 235 g/mol. The first-order valence-electron chi connectivity index (χ1n) is 5.06. The third-order valence-electron chi connectivity index (χ3n) is 2.07. The van der Waals surface area contributed by atoms with Crippen LogP contribution < -0.4 is 10.6 Å². The summed E-state index contributed by atoms with van der Waals surface area (Å²) in [5.74, 6) is -0.317. The molecule has 1 heterocycles. The van der Waals surface area contributed by atoms with Crippen LogP contribution in [0.5, 0.6) is 0 Å². The van der Waals surface area contributed by atoms with Crippen molar-refractivity contribution in [2.45, 2.75) is 19.9 Å². The van der Waals surface area contributed by atoms with Gasteiger partial charge in [-0.15, -0.1) is 0 Å². The second-order valence-electron chi connectivity index (χ2n) is 3.48. The first kappa shape index (κ1) is 12.8. The van der Waals surface area contributed by atoms with Crippen molar-refractivity contribution in [1.82, 2.24) is 10.6 Å². The minimum Gasteiger partial charge on any atom is -0.464 e. The zero-order valence-electron chi connectivity index (χ0n) is 9.61. The Morgan fingerprint density at radius 2 is 2.18 bits per heavy atom. The molecule has 0 radical (unpaired) electrons. The van der Waals surface area contributed by atoms with Gasteiger partial charge in [-0.2, -0.15) is 5.26 Å². The molecule has 0 aliphatic rings. The van der Waals surface area contributed by atoms with Crippen LogP contribution in [0.3, 0.4) is 0 Å². The summed E-state index contributed by atoms with van der Waals surface area (Å²) in [6.07, 6.45) is 0. The van der Waals surface area contributed by atoms with Crippen LogP contribution in [-0.2, 0) is 9.59 Å². The lowest BCUT2D eigenvalue weighted by Crippen LogP contribution is -2.40. The summed E-state index contributed by atoms with van der Waals surface area (Å²) in [5, 5.41) is 12.9. The smallest absolute Gasteiger partial charge is 0.310 e. The lowest BCUT2D eigenvalue weighted by molar-refractivity contribution is -0.139. The highest BCUT2D eigenvalue weighted by atomic mass is 16.3. The topological polar surface area (TPSA) is 95.1 Å². The van der Waals surface area contributed by atoms with Gasteiger partial charge in [0, 0.05) is 0 Å². The highest BCUT2D eigenvalue weighted by Gasteiger charge is 2.18. The molecule has 0 aliphatic carbocycles. The van der Waals surface area contributed by atoms with Crippen molar-refractivity contribution in [2.24, 2.45) is 0 Å². The Kier molecular flexibility index (Phi) is 4.29. The average Bonchev–Trinajstić information content (AvgIpc) is 2.72. The number of furan rings is 1. The molecule has 1 rings (SSSR count). The minimum atomic E-state index is -0.832. The summed E-state index contributed by atoms with van der Waals surface area (Å²) >= 11 is 0. The Labute approximate surface area is 98.6 Å². The predicted octanol–water partition coefficient (Wildman–Crippen LogP) is 0.405. The van der Waals surface area contributed by atoms with Gasteiger partial charge in [-0.05, 0) is 26.0 Å². The van der Waals surface area contributed by atoms with Gasteiger partial charge in [0.2, 0.25) is 0 Å². The first-order valence-corrected chi connectivity index (χ1v) is 5.06. The van der Waals surface area contributed by atoms with E-state index in [1.165, 1.54) is 0 Å². The van der Waals surface area contributed by atoms with Crippen LogP contribution in [0.4, 0.5) is 0 Å². The fourth-order valence-electron chi connectivity index (χ4n) is 1.22. The van der Waals surface area contributed by atoms with Gasteiger partial charge in [0.15, 0.2) is 0 Å². The standard InChI is InChI=1S/C11H13N3O3/c1-7-3-4-9(17-7)8(2)14-11(16)10(15)13-6-5-12/h3-4,8H,6H2,1-2H3,(H,13,15)(H,14,16). The van der Waals surface area contributed by atoms with Crippen molar-refractivity contribution in [1.29, 1.82) is 5.26 Å². The summed E-state index contributed by atoms with van der Waals surface area (Å²) in [4.78, 5) is 22.5. The van der Waals surface area contributed by atoms with Crippen LogP contribution in [0, 0.1) is 18.3 Å². The lowest BCUT2D eigenvalue weighted by Gasteiger charge is -2.10. The van der Waals surface area contributed by atoms with E-state index in [1.54, 1.807) is 32.0 Å². The number of nitrogens with zero attached hydrogens (tertiary/aromatic N) is 1. The molecule has 2 N–H and O–H groups in total. The van der Waals surface area contributed by atoms with E-state index < -0.39 is 17.9 Å². The predicted molar refractivity (Wildman–Crippen MR) is 58.6 cm³/mol. The molecule has 1 aromatic rings. The van der Waals surface area contributed by atoms with E-state index in [4.69, 9.17) is 9.68 Å². The molecule has 2 amide bonds. The molecule has 0 aliphatic heterocycles. The maximum absolute atomic E-state index is 11.4. The number of amides is 2. The molecule has 1 aromatic heterocycles. The SMILES string of the molecule is Cc1ccc(C(C)NC(=O)C(=O)NCC#N)o1. The molecular formula is C11H13N3O3. The minimum absolute atomic E-state index is 0.194.